The molecule has 2 aromatic rings. The van der Waals surface area contributed by atoms with E-state index < -0.39 is 9.84 Å². The van der Waals surface area contributed by atoms with Crippen LogP contribution in [0.3, 0.4) is 0 Å². The highest BCUT2D eigenvalue weighted by atomic mass is 32.2. The van der Waals surface area contributed by atoms with E-state index in [9.17, 15) is 13.2 Å². The van der Waals surface area contributed by atoms with Crippen LogP contribution in [0.4, 0.5) is 0 Å². The maximum absolute atomic E-state index is 12.2. The Kier molecular flexibility index (Phi) is 6.63. The van der Waals surface area contributed by atoms with E-state index in [1.54, 1.807) is 21.1 Å². The van der Waals surface area contributed by atoms with Gasteiger partial charge in [-0.3, -0.25) is 4.79 Å². The van der Waals surface area contributed by atoms with Gasteiger partial charge in [0, 0.05) is 12.1 Å². The van der Waals surface area contributed by atoms with Gasteiger partial charge in [0.1, 0.15) is 11.5 Å². The second-order valence-electron chi connectivity index (χ2n) is 5.61. The van der Waals surface area contributed by atoms with E-state index in [0.29, 0.717) is 18.5 Å². The maximum atomic E-state index is 12.2. The SMILES string of the molecule is CCS(=O)(=O)c1ccc(C(=O)NCCc2cc(OC)ccc2OC)cc1. The van der Waals surface area contributed by atoms with Crippen molar-refractivity contribution in [3.8, 4) is 11.5 Å². The Labute approximate surface area is 154 Å². The van der Waals surface area contributed by atoms with Gasteiger partial charge in [-0.2, -0.15) is 0 Å². The van der Waals surface area contributed by atoms with Crippen LogP contribution in [-0.4, -0.2) is 40.8 Å². The summed E-state index contributed by atoms with van der Waals surface area (Å²) in [4.78, 5) is 12.4. The fourth-order valence-electron chi connectivity index (χ4n) is 2.47. The fourth-order valence-corrected chi connectivity index (χ4v) is 3.35. The van der Waals surface area contributed by atoms with E-state index in [2.05, 4.69) is 5.32 Å². The van der Waals surface area contributed by atoms with E-state index >= 15 is 0 Å². The molecule has 0 aliphatic rings. The topological polar surface area (TPSA) is 81.7 Å². The fraction of sp³-hybridized carbons (Fsp3) is 0.316. The van der Waals surface area contributed by atoms with Crippen molar-refractivity contribution in [1.29, 1.82) is 0 Å². The second kappa shape index (κ2) is 8.71. The molecule has 2 rings (SSSR count). The molecular weight excluding hydrogens is 354 g/mol. The third-order valence-electron chi connectivity index (χ3n) is 4.02. The predicted molar refractivity (Wildman–Crippen MR) is 99.8 cm³/mol. The molecule has 0 radical (unpaired) electrons. The van der Waals surface area contributed by atoms with Crippen LogP contribution in [0.2, 0.25) is 0 Å². The van der Waals surface area contributed by atoms with Gasteiger partial charge in [0.15, 0.2) is 9.84 Å². The molecule has 26 heavy (non-hydrogen) atoms. The Bertz CT molecular complexity index is 860. The van der Waals surface area contributed by atoms with E-state index in [1.807, 2.05) is 18.2 Å². The largest absolute Gasteiger partial charge is 0.497 e. The normalized spacial score (nSPS) is 11.0. The minimum Gasteiger partial charge on any atom is -0.497 e. The number of sulfone groups is 1. The van der Waals surface area contributed by atoms with E-state index in [-0.39, 0.29) is 16.6 Å². The molecule has 0 aromatic heterocycles. The Morgan fingerprint density at radius 2 is 1.73 bits per heavy atom. The standard InChI is InChI=1S/C19H23NO5S/c1-4-26(22,23)17-8-5-14(6-9-17)19(21)20-12-11-15-13-16(24-2)7-10-18(15)25-3/h5-10,13H,4,11-12H2,1-3H3,(H,20,21). The van der Waals surface area contributed by atoms with Gasteiger partial charge in [0.05, 0.1) is 24.9 Å². The van der Waals surface area contributed by atoms with Crippen LogP contribution in [0.25, 0.3) is 0 Å². The number of amides is 1. The summed E-state index contributed by atoms with van der Waals surface area (Å²) in [6.45, 7) is 2.00. The van der Waals surface area contributed by atoms with Crippen molar-refractivity contribution in [2.75, 3.05) is 26.5 Å². The zero-order valence-electron chi connectivity index (χ0n) is 15.1. The Morgan fingerprint density at radius 1 is 1.04 bits per heavy atom. The Balaban J connectivity index is 1.99. The van der Waals surface area contributed by atoms with Gasteiger partial charge in [-0.15, -0.1) is 0 Å². The molecule has 0 aliphatic heterocycles. The van der Waals surface area contributed by atoms with Gasteiger partial charge in [0.25, 0.3) is 5.91 Å². The molecule has 1 N–H and O–H groups in total. The van der Waals surface area contributed by atoms with Crippen LogP contribution in [0.15, 0.2) is 47.4 Å². The molecule has 2 aromatic carbocycles. The second-order valence-corrected chi connectivity index (χ2v) is 7.89. The van der Waals surface area contributed by atoms with Gasteiger partial charge in [-0.05, 0) is 54.4 Å². The number of methoxy groups -OCH3 is 2. The number of benzene rings is 2. The molecule has 0 unspecified atom stereocenters. The molecule has 7 heteroatoms. The molecule has 0 saturated heterocycles. The van der Waals surface area contributed by atoms with E-state index in [0.717, 1.165) is 17.1 Å². The summed E-state index contributed by atoms with van der Waals surface area (Å²) in [6.07, 6.45) is 0.578. The molecule has 0 bridgehead atoms. The highest BCUT2D eigenvalue weighted by molar-refractivity contribution is 7.91. The van der Waals surface area contributed by atoms with Crippen LogP contribution < -0.4 is 14.8 Å². The van der Waals surface area contributed by atoms with E-state index in [1.165, 1.54) is 24.3 Å². The van der Waals surface area contributed by atoms with Crippen LogP contribution >= 0.6 is 0 Å². The smallest absolute Gasteiger partial charge is 0.251 e. The van der Waals surface area contributed by atoms with Crippen molar-refractivity contribution in [2.45, 2.75) is 18.2 Å². The quantitative estimate of drug-likeness (QED) is 0.764. The first-order chi connectivity index (χ1) is 12.4. The summed E-state index contributed by atoms with van der Waals surface area (Å²) in [5.41, 5.74) is 1.34. The lowest BCUT2D eigenvalue weighted by Crippen LogP contribution is -2.25. The van der Waals surface area contributed by atoms with Crippen LogP contribution in [0.5, 0.6) is 11.5 Å². The third kappa shape index (κ3) is 4.76. The number of hydrogen-bond donors (Lipinski definition) is 1. The van der Waals surface area contributed by atoms with E-state index in [4.69, 9.17) is 9.47 Å². The molecule has 0 spiro atoms. The van der Waals surface area contributed by atoms with Crippen LogP contribution in [0, 0.1) is 0 Å². The first-order valence-corrected chi connectivity index (χ1v) is 9.88. The molecule has 1 amide bonds. The minimum absolute atomic E-state index is 0.0287. The molecule has 0 atom stereocenters. The Hall–Kier alpha value is -2.54. The summed E-state index contributed by atoms with van der Waals surface area (Å²) in [5.74, 6) is 1.22. The summed E-state index contributed by atoms with van der Waals surface area (Å²) < 4.78 is 34.1. The summed E-state index contributed by atoms with van der Waals surface area (Å²) in [7, 11) is -0.0794. The third-order valence-corrected chi connectivity index (χ3v) is 5.77. The summed E-state index contributed by atoms with van der Waals surface area (Å²) >= 11 is 0. The highest BCUT2D eigenvalue weighted by Gasteiger charge is 2.13. The lowest BCUT2D eigenvalue weighted by molar-refractivity contribution is 0.0954. The van der Waals surface area contributed by atoms with Gasteiger partial charge in [0.2, 0.25) is 0 Å². The monoisotopic (exact) mass is 377 g/mol. The average molecular weight is 377 g/mol. The average Bonchev–Trinajstić information content (AvgIpc) is 2.67. The van der Waals surface area contributed by atoms with Crippen molar-refractivity contribution in [3.05, 3.63) is 53.6 Å². The molecule has 0 heterocycles. The minimum atomic E-state index is -3.27. The highest BCUT2D eigenvalue weighted by Crippen LogP contribution is 2.24. The van der Waals surface area contributed by atoms with Crippen LogP contribution in [-0.2, 0) is 16.3 Å². The van der Waals surface area contributed by atoms with Gasteiger partial charge >= 0.3 is 0 Å². The zero-order chi connectivity index (χ0) is 19.2. The molecule has 140 valence electrons. The summed E-state index contributed by atoms with van der Waals surface area (Å²) in [6, 6.07) is 11.5. The molecule has 6 nitrogen and oxygen atoms in total. The van der Waals surface area contributed by atoms with Crippen LogP contribution in [0.1, 0.15) is 22.8 Å². The maximum Gasteiger partial charge on any atom is 0.251 e. The van der Waals surface area contributed by atoms with Crippen molar-refractivity contribution < 1.29 is 22.7 Å². The number of hydrogen-bond acceptors (Lipinski definition) is 5. The predicted octanol–water partition coefficient (Wildman–Crippen LogP) is 2.47. The van der Waals surface area contributed by atoms with Gasteiger partial charge < -0.3 is 14.8 Å². The Morgan fingerprint density at radius 3 is 2.31 bits per heavy atom. The van der Waals surface area contributed by atoms with Gasteiger partial charge in [-0.25, -0.2) is 8.42 Å². The van der Waals surface area contributed by atoms with Crippen molar-refractivity contribution in [3.63, 3.8) is 0 Å². The lowest BCUT2D eigenvalue weighted by atomic mass is 10.1. The first kappa shape index (κ1) is 19.8. The number of nitrogens with one attached hydrogen (secondary N) is 1. The first-order valence-electron chi connectivity index (χ1n) is 8.23. The zero-order valence-corrected chi connectivity index (χ0v) is 15.9. The van der Waals surface area contributed by atoms with Gasteiger partial charge in [-0.1, -0.05) is 6.92 Å². The molecular formula is C19H23NO5S. The van der Waals surface area contributed by atoms with Crippen molar-refractivity contribution in [1.82, 2.24) is 5.32 Å². The number of carbonyl (C=O) groups is 1. The number of ether oxygens (including phenoxy) is 2. The summed E-state index contributed by atoms with van der Waals surface area (Å²) in [5, 5.41) is 2.82. The number of carbonyl (C=O) groups excluding carboxylic acids is 1. The lowest BCUT2D eigenvalue weighted by Gasteiger charge is -2.11. The van der Waals surface area contributed by atoms with Crippen molar-refractivity contribution >= 4 is 15.7 Å². The number of rotatable bonds is 8. The van der Waals surface area contributed by atoms with Crippen molar-refractivity contribution in [2.24, 2.45) is 0 Å². The molecule has 0 aliphatic carbocycles. The molecule has 0 fully saturated rings. The molecule has 0 saturated carbocycles.